The molecule has 2 amide bonds. The minimum atomic E-state index is -0.493. The van der Waals surface area contributed by atoms with Gasteiger partial charge in [0.1, 0.15) is 11.0 Å². The molecule has 1 heterocycles. The van der Waals surface area contributed by atoms with E-state index in [-0.39, 0.29) is 11.8 Å². The van der Waals surface area contributed by atoms with Crippen LogP contribution in [0.4, 0.5) is 10.8 Å². The molecular weight excluding hydrogens is 551 g/mol. The molecule has 1 atom stereocenters. The summed E-state index contributed by atoms with van der Waals surface area (Å²) in [6, 6.07) is 34.6. The number of amides is 2. The van der Waals surface area contributed by atoms with E-state index in [0.29, 0.717) is 23.8 Å². The van der Waals surface area contributed by atoms with E-state index < -0.39 is 5.25 Å². The van der Waals surface area contributed by atoms with Gasteiger partial charge in [0.2, 0.25) is 11.8 Å². The van der Waals surface area contributed by atoms with Crippen LogP contribution in [0.3, 0.4) is 0 Å². The third-order valence-electron chi connectivity index (χ3n) is 6.14. The SMILES string of the molecule is CCOc1ccc(-c2csc(NC(=O)C(Sc3ccc(NC(=O)Cc4ccccc4)cc3)c3ccccc3)n2)cc1. The summed E-state index contributed by atoms with van der Waals surface area (Å²) >= 11 is 2.84. The second kappa shape index (κ2) is 13.8. The number of nitrogens with one attached hydrogen (secondary N) is 2. The van der Waals surface area contributed by atoms with Gasteiger partial charge in [-0.25, -0.2) is 4.98 Å². The van der Waals surface area contributed by atoms with Crippen LogP contribution >= 0.6 is 23.1 Å². The van der Waals surface area contributed by atoms with Crippen molar-refractivity contribution >= 4 is 45.7 Å². The summed E-state index contributed by atoms with van der Waals surface area (Å²) in [5, 5.41) is 7.93. The molecule has 1 aromatic heterocycles. The van der Waals surface area contributed by atoms with Crippen LogP contribution in [0.5, 0.6) is 5.75 Å². The van der Waals surface area contributed by atoms with Crippen molar-refractivity contribution in [3.63, 3.8) is 0 Å². The second-order valence-corrected chi connectivity index (χ2v) is 11.2. The van der Waals surface area contributed by atoms with Crippen LogP contribution in [0.15, 0.2) is 119 Å². The standard InChI is InChI=1S/C33H29N3O3S2/c1-2-39-27-17-13-24(14-18-27)29-22-40-33(35-29)36-32(38)31(25-11-7-4-8-12-25)41-28-19-15-26(16-20-28)34-30(37)21-23-9-5-3-6-10-23/h3-20,22,31H,2,21H2,1H3,(H,34,37)(H,35,36,38). The Morgan fingerprint density at radius 3 is 2.22 bits per heavy atom. The van der Waals surface area contributed by atoms with Crippen molar-refractivity contribution in [2.24, 2.45) is 0 Å². The Balaban J connectivity index is 1.25. The number of hydrogen-bond donors (Lipinski definition) is 2. The number of carbonyl (C=O) groups is 2. The van der Waals surface area contributed by atoms with E-state index in [1.54, 1.807) is 0 Å². The van der Waals surface area contributed by atoms with Crippen LogP contribution in [0.1, 0.15) is 23.3 Å². The van der Waals surface area contributed by atoms with E-state index in [0.717, 1.165) is 33.0 Å². The van der Waals surface area contributed by atoms with Crippen LogP contribution in [-0.2, 0) is 16.0 Å². The number of benzene rings is 4. The molecule has 0 spiro atoms. The van der Waals surface area contributed by atoms with Crippen molar-refractivity contribution in [2.45, 2.75) is 23.5 Å². The summed E-state index contributed by atoms with van der Waals surface area (Å²) < 4.78 is 5.52. The van der Waals surface area contributed by atoms with Gasteiger partial charge in [0.05, 0.1) is 18.7 Å². The minimum Gasteiger partial charge on any atom is -0.494 e. The Morgan fingerprint density at radius 1 is 0.854 bits per heavy atom. The Labute approximate surface area is 247 Å². The van der Waals surface area contributed by atoms with Gasteiger partial charge in [0, 0.05) is 21.5 Å². The van der Waals surface area contributed by atoms with E-state index in [1.807, 2.05) is 121 Å². The van der Waals surface area contributed by atoms with Crippen LogP contribution in [0.2, 0.25) is 0 Å². The first-order valence-electron chi connectivity index (χ1n) is 13.2. The summed E-state index contributed by atoms with van der Waals surface area (Å²) in [4.78, 5) is 31.5. The molecule has 2 N–H and O–H groups in total. The minimum absolute atomic E-state index is 0.0776. The van der Waals surface area contributed by atoms with E-state index in [9.17, 15) is 9.59 Å². The van der Waals surface area contributed by atoms with Gasteiger partial charge in [-0.3, -0.25) is 9.59 Å². The number of thiazole rings is 1. The molecule has 0 aliphatic carbocycles. The lowest BCUT2D eigenvalue weighted by atomic mass is 10.1. The largest absolute Gasteiger partial charge is 0.494 e. The summed E-state index contributed by atoms with van der Waals surface area (Å²) in [6.45, 7) is 2.56. The highest BCUT2D eigenvalue weighted by molar-refractivity contribution is 8.00. The summed E-state index contributed by atoms with van der Waals surface area (Å²) in [5.74, 6) is 0.575. The summed E-state index contributed by atoms with van der Waals surface area (Å²) in [5.41, 5.74) is 4.30. The fraction of sp³-hybridized carbons (Fsp3) is 0.121. The molecule has 5 aromatic rings. The van der Waals surface area contributed by atoms with E-state index in [1.165, 1.54) is 23.1 Å². The molecule has 0 saturated heterocycles. The van der Waals surface area contributed by atoms with Crippen molar-refractivity contribution in [1.82, 2.24) is 4.98 Å². The van der Waals surface area contributed by atoms with E-state index in [2.05, 4.69) is 15.6 Å². The van der Waals surface area contributed by atoms with Gasteiger partial charge >= 0.3 is 0 Å². The number of ether oxygens (including phenoxy) is 1. The number of aromatic nitrogens is 1. The Bertz CT molecular complexity index is 1570. The number of nitrogens with zero attached hydrogens (tertiary/aromatic N) is 1. The Kier molecular flexibility index (Phi) is 9.46. The zero-order chi connectivity index (χ0) is 28.4. The molecule has 0 radical (unpaired) electrons. The summed E-state index contributed by atoms with van der Waals surface area (Å²) in [6.07, 6.45) is 0.310. The van der Waals surface area contributed by atoms with Crippen molar-refractivity contribution in [1.29, 1.82) is 0 Å². The van der Waals surface area contributed by atoms with Gasteiger partial charge in [0.25, 0.3) is 0 Å². The molecule has 0 fully saturated rings. The molecule has 206 valence electrons. The predicted octanol–water partition coefficient (Wildman–Crippen LogP) is 7.86. The molecule has 5 rings (SSSR count). The van der Waals surface area contributed by atoms with Crippen LogP contribution in [0, 0.1) is 0 Å². The Hall–Kier alpha value is -4.40. The number of thioether (sulfide) groups is 1. The van der Waals surface area contributed by atoms with E-state index in [4.69, 9.17) is 4.74 Å². The molecule has 41 heavy (non-hydrogen) atoms. The monoisotopic (exact) mass is 579 g/mol. The topological polar surface area (TPSA) is 80.3 Å². The normalized spacial score (nSPS) is 11.4. The van der Waals surface area contributed by atoms with Gasteiger partial charge in [-0.15, -0.1) is 23.1 Å². The molecule has 0 bridgehead atoms. The van der Waals surface area contributed by atoms with Crippen molar-refractivity contribution in [3.05, 3.63) is 126 Å². The molecule has 8 heteroatoms. The lowest BCUT2D eigenvalue weighted by molar-refractivity contribution is -0.116. The highest BCUT2D eigenvalue weighted by atomic mass is 32.2. The van der Waals surface area contributed by atoms with Gasteiger partial charge in [-0.1, -0.05) is 60.7 Å². The number of carbonyl (C=O) groups excluding carboxylic acids is 2. The van der Waals surface area contributed by atoms with Crippen LogP contribution < -0.4 is 15.4 Å². The van der Waals surface area contributed by atoms with Gasteiger partial charge in [-0.2, -0.15) is 0 Å². The lowest BCUT2D eigenvalue weighted by Gasteiger charge is -2.16. The van der Waals surface area contributed by atoms with E-state index >= 15 is 0 Å². The second-order valence-electron chi connectivity index (χ2n) is 9.13. The van der Waals surface area contributed by atoms with Crippen LogP contribution in [-0.4, -0.2) is 23.4 Å². The lowest BCUT2D eigenvalue weighted by Crippen LogP contribution is -2.19. The first-order valence-corrected chi connectivity index (χ1v) is 15.0. The van der Waals surface area contributed by atoms with Crippen molar-refractivity contribution in [3.8, 4) is 17.0 Å². The van der Waals surface area contributed by atoms with Crippen molar-refractivity contribution < 1.29 is 14.3 Å². The van der Waals surface area contributed by atoms with Gasteiger partial charge in [0.15, 0.2) is 5.13 Å². The third-order valence-corrected chi connectivity index (χ3v) is 8.16. The summed E-state index contributed by atoms with van der Waals surface area (Å²) in [7, 11) is 0. The maximum atomic E-state index is 13.5. The molecule has 0 saturated carbocycles. The molecule has 4 aromatic carbocycles. The smallest absolute Gasteiger partial charge is 0.244 e. The number of anilines is 2. The predicted molar refractivity (Wildman–Crippen MR) is 168 cm³/mol. The number of hydrogen-bond acceptors (Lipinski definition) is 6. The zero-order valence-corrected chi connectivity index (χ0v) is 24.1. The molecule has 1 unspecified atom stereocenters. The third kappa shape index (κ3) is 7.84. The average molecular weight is 580 g/mol. The molecular formula is C33H29N3O3S2. The Morgan fingerprint density at radius 2 is 1.54 bits per heavy atom. The van der Waals surface area contributed by atoms with Crippen molar-refractivity contribution in [2.75, 3.05) is 17.2 Å². The first-order chi connectivity index (χ1) is 20.1. The maximum absolute atomic E-state index is 13.5. The zero-order valence-electron chi connectivity index (χ0n) is 22.4. The fourth-order valence-corrected chi connectivity index (χ4v) is 5.91. The molecule has 6 nitrogen and oxygen atoms in total. The van der Waals surface area contributed by atoms with Gasteiger partial charge < -0.3 is 15.4 Å². The average Bonchev–Trinajstić information content (AvgIpc) is 3.46. The van der Waals surface area contributed by atoms with Crippen LogP contribution in [0.25, 0.3) is 11.3 Å². The van der Waals surface area contributed by atoms with Gasteiger partial charge in [-0.05, 0) is 66.6 Å². The molecule has 0 aliphatic rings. The fourth-order valence-electron chi connectivity index (χ4n) is 4.16. The number of rotatable bonds is 11. The molecule has 0 aliphatic heterocycles. The highest BCUT2D eigenvalue weighted by Gasteiger charge is 2.23. The quantitative estimate of drug-likeness (QED) is 0.156. The highest BCUT2D eigenvalue weighted by Crippen LogP contribution is 2.37. The first kappa shape index (κ1) is 28.1. The maximum Gasteiger partial charge on any atom is 0.244 e.